The summed E-state index contributed by atoms with van der Waals surface area (Å²) < 4.78 is 23.3. The van der Waals surface area contributed by atoms with E-state index in [4.69, 9.17) is 18.9 Å². The molecular weight excluding hydrogens is 596 g/mol. The van der Waals surface area contributed by atoms with E-state index in [1.807, 2.05) is 52.8 Å². The van der Waals surface area contributed by atoms with Crippen molar-refractivity contribution in [2.45, 2.75) is 124 Å². The molecule has 0 aliphatic rings. The van der Waals surface area contributed by atoms with E-state index in [0.717, 1.165) is 28.0 Å². The molecule has 4 atom stereocenters. The van der Waals surface area contributed by atoms with Gasteiger partial charge in [-0.25, -0.2) is 9.59 Å². The van der Waals surface area contributed by atoms with Crippen LogP contribution in [0, 0.1) is 13.8 Å². The Bertz CT molecular complexity index is 1390. The number of esters is 2. The highest BCUT2D eigenvalue weighted by Crippen LogP contribution is 2.35. The average Bonchev–Trinajstić information content (AvgIpc) is 3.02. The Morgan fingerprint density at radius 1 is 0.787 bits per heavy atom. The van der Waals surface area contributed by atoms with E-state index in [9.17, 15) is 19.8 Å². The number of aliphatic hydroxyl groups excluding tert-OH is 2. The van der Waals surface area contributed by atoms with Gasteiger partial charge in [-0.15, -0.1) is 0 Å². The third kappa shape index (κ3) is 11.5. The smallest absolute Gasteiger partial charge is 0.333 e. The Morgan fingerprint density at radius 2 is 1.30 bits per heavy atom. The molecule has 0 saturated carbocycles. The minimum absolute atomic E-state index is 0.0737. The lowest BCUT2D eigenvalue weighted by molar-refractivity contribution is -0.156. The SMILES string of the molecule is C=C(C)C(=O)OCC(O)CC(CC)(CC)Oc1ccc(C(C)c2ccc(OCC(O)C[C@](C)(CC)OC(=O)C(=C)C)c(C)c2)cc1C. The second-order valence-corrected chi connectivity index (χ2v) is 13.1. The number of rotatable bonds is 19. The molecule has 0 aliphatic carbocycles. The number of carbonyl (C=O) groups is 2. The Labute approximate surface area is 281 Å². The van der Waals surface area contributed by atoms with Crippen molar-refractivity contribution in [1.29, 1.82) is 0 Å². The van der Waals surface area contributed by atoms with Crippen molar-refractivity contribution in [3.8, 4) is 11.5 Å². The third-order valence-corrected chi connectivity index (χ3v) is 8.91. The second-order valence-electron chi connectivity index (χ2n) is 13.1. The molecule has 8 heteroatoms. The van der Waals surface area contributed by atoms with Gasteiger partial charge in [-0.1, -0.05) is 65.1 Å². The molecule has 260 valence electrons. The first-order chi connectivity index (χ1) is 22.0. The van der Waals surface area contributed by atoms with Crippen molar-refractivity contribution < 1.29 is 38.7 Å². The third-order valence-electron chi connectivity index (χ3n) is 8.91. The van der Waals surface area contributed by atoms with Gasteiger partial charge in [0.05, 0.1) is 12.2 Å². The highest BCUT2D eigenvalue weighted by atomic mass is 16.6. The maximum absolute atomic E-state index is 12.1. The van der Waals surface area contributed by atoms with Crippen LogP contribution in [0.3, 0.4) is 0 Å². The van der Waals surface area contributed by atoms with Crippen LogP contribution in [0.5, 0.6) is 11.5 Å². The highest BCUT2D eigenvalue weighted by molar-refractivity contribution is 5.87. The molecule has 2 rings (SSSR count). The largest absolute Gasteiger partial charge is 0.491 e. The fraction of sp³-hybridized carbons (Fsp3) is 0.538. The van der Waals surface area contributed by atoms with Crippen LogP contribution in [-0.2, 0) is 19.1 Å². The molecule has 0 radical (unpaired) electrons. The summed E-state index contributed by atoms with van der Waals surface area (Å²) in [4.78, 5) is 23.8. The van der Waals surface area contributed by atoms with E-state index >= 15 is 0 Å². The van der Waals surface area contributed by atoms with Crippen LogP contribution in [-0.4, -0.2) is 58.8 Å². The predicted molar refractivity (Wildman–Crippen MR) is 186 cm³/mol. The Balaban J connectivity index is 2.09. The first kappa shape index (κ1) is 39.6. The zero-order valence-electron chi connectivity index (χ0n) is 29.9. The topological polar surface area (TPSA) is 112 Å². The molecule has 2 aromatic rings. The van der Waals surface area contributed by atoms with Crippen LogP contribution < -0.4 is 9.47 Å². The number of aryl methyl sites for hydroxylation is 2. The molecule has 47 heavy (non-hydrogen) atoms. The van der Waals surface area contributed by atoms with Crippen molar-refractivity contribution in [2.75, 3.05) is 13.2 Å². The second kappa shape index (κ2) is 17.5. The fourth-order valence-electron chi connectivity index (χ4n) is 5.41. The Kier molecular flexibility index (Phi) is 14.7. The van der Waals surface area contributed by atoms with E-state index < -0.39 is 35.3 Å². The summed E-state index contributed by atoms with van der Waals surface area (Å²) in [5, 5.41) is 21.3. The summed E-state index contributed by atoms with van der Waals surface area (Å²) >= 11 is 0. The Hall–Kier alpha value is -3.62. The molecule has 0 bridgehead atoms. The van der Waals surface area contributed by atoms with Gasteiger partial charge >= 0.3 is 11.9 Å². The number of hydrogen-bond donors (Lipinski definition) is 2. The van der Waals surface area contributed by atoms with E-state index in [2.05, 4.69) is 38.3 Å². The monoisotopic (exact) mass is 652 g/mol. The van der Waals surface area contributed by atoms with Crippen LogP contribution in [0.1, 0.15) is 109 Å². The lowest BCUT2D eigenvalue weighted by Crippen LogP contribution is -2.40. The van der Waals surface area contributed by atoms with Gasteiger partial charge in [0.2, 0.25) is 0 Å². The first-order valence-corrected chi connectivity index (χ1v) is 16.6. The van der Waals surface area contributed by atoms with Gasteiger partial charge in [0.25, 0.3) is 0 Å². The molecular formula is C39H56O8. The standard InChI is InChI=1S/C39H56O8/c1-12-38(11,47-37(43)26(6)7)21-32(40)23-44-34-17-15-30(19-27(34)8)29(10)31-16-18-35(28(9)20-31)46-39(13-2,14-3)22-33(41)24-45-36(42)25(4)5/h15-20,29,32-33,40-41H,4,6,12-14,21-24H2,1-3,5,7-11H3/t29?,32?,33?,38-/m0/s1. The molecule has 8 nitrogen and oxygen atoms in total. The van der Waals surface area contributed by atoms with E-state index in [1.165, 1.54) is 0 Å². The van der Waals surface area contributed by atoms with Crippen LogP contribution >= 0.6 is 0 Å². The molecule has 3 unspecified atom stereocenters. The summed E-state index contributed by atoms with van der Waals surface area (Å²) in [6.45, 7) is 24.3. The lowest BCUT2D eigenvalue weighted by atomic mass is 9.89. The normalized spacial score (nSPS) is 14.7. The van der Waals surface area contributed by atoms with Crippen molar-refractivity contribution in [3.05, 3.63) is 83.0 Å². The van der Waals surface area contributed by atoms with Crippen molar-refractivity contribution in [1.82, 2.24) is 0 Å². The Morgan fingerprint density at radius 3 is 1.77 bits per heavy atom. The van der Waals surface area contributed by atoms with E-state index in [0.29, 0.717) is 42.6 Å². The summed E-state index contributed by atoms with van der Waals surface area (Å²) in [6.07, 6.45) is 0.803. The van der Waals surface area contributed by atoms with E-state index in [1.54, 1.807) is 20.8 Å². The number of ether oxygens (including phenoxy) is 4. The van der Waals surface area contributed by atoms with Crippen LogP contribution in [0.25, 0.3) is 0 Å². The number of hydrogen-bond acceptors (Lipinski definition) is 8. The number of benzene rings is 2. The lowest BCUT2D eigenvalue weighted by Gasteiger charge is -2.35. The van der Waals surface area contributed by atoms with Crippen molar-refractivity contribution >= 4 is 11.9 Å². The molecule has 2 N–H and O–H groups in total. The summed E-state index contributed by atoms with van der Waals surface area (Å²) in [7, 11) is 0. The minimum atomic E-state index is -0.862. The molecule has 0 heterocycles. The number of aliphatic hydroxyl groups is 2. The molecule has 0 aromatic heterocycles. The highest BCUT2D eigenvalue weighted by Gasteiger charge is 2.33. The maximum atomic E-state index is 12.1. The van der Waals surface area contributed by atoms with Gasteiger partial charge in [0, 0.05) is 29.9 Å². The molecule has 0 aliphatic heterocycles. The van der Waals surface area contributed by atoms with Gasteiger partial charge < -0.3 is 29.2 Å². The van der Waals surface area contributed by atoms with Crippen molar-refractivity contribution in [2.24, 2.45) is 0 Å². The van der Waals surface area contributed by atoms with Gasteiger partial charge in [-0.3, -0.25) is 0 Å². The molecule has 0 saturated heterocycles. The molecule has 2 aromatic carbocycles. The predicted octanol–water partition coefficient (Wildman–Crippen LogP) is 7.68. The zero-order valence-corrected chi connectivity index (χ0v) is 29.9. The first-order valence-electron chi connectivity index (χ1n) is 16.6. The quantitative estimate of drug-likeness (QED) is 0.117. The van der Waals surface area contributed by atoms with Gasteiger partial charge in [0.1, 0.15) is 35.9 Å². The van der Waals surface area contributed by atoms with Crippen LogP contribution in [0.15, 0.2) is 60.7 Å². The minimum Gasteiger partial charge on any atom is -0.491 e. The van der Waals surface area contributed by atoms with E-state index in [-0.39, 0.29) is 25.6 Å². The summed E-state index contributed by atoms with van der Waals surface area (Å²) in [5.41, 5.74) is 3.38. The summed E-state index contributed by atoms with van der Waals surface area (Å²) in [6, 6.07) is 12.2. The maximum Gasteiger partial charge on any atom is 0.333 e. The van der Waals surface area contributed by atoms with Gasteiger partial charge in [-0.05, 0) is 88.3 Å². The summed E-state index contributed by atoms with van der Waals surface area (Å²) in [5.74, 6) is 0.551. The number of carbonyl (C=O) groups excluding carboxylic acids is 2. The molecule has 0 amide bonds. The molecule has 0 spiro atoms. The average molecular weight is 653 g/mol. The van der Waals surface area contributed by atoms with Crippen LogP contribution in [0.2, 0.25) is 0 Å². The zero-order chi connectivity index (χ0) is 35.5. The fourth-order valence-corrected chi connectivity index (χ4v) is 5.41. The van der Waals surface area contributed by atoms with Gasteiger partial charge in [0.15, 0.2) is 0 Å². The van der Waals surface area contributed by atoms with Crippen LogP contribution in [0.4, 0.5) is 0 Å². The van der Waals surface area contributed by atoms with Crippen molar-refractivity contribution in [3.63, 3.8) is 0 Å². The van der Waals surface area contributed by atoms with Gasteiger partial charge in [-0.2, -0.15) is 0 Å². The molecule has 0 fully saturated rings.